The molecule has 0 unspecified atom stereocenters. The number of carboxylic acids is 1. The molecule has 1 fully saturated rings. The van der Waals surface area contributed by atoms with Gasteiger partial charge in [-0.2, -0.15) is 0 Å². The van der Waals surface area contributed by atoms with E-state index in [1.54, 1.807) is 0 Å². The van der Waals surface area contributed by atoms with Crippen molar-refractivity contribution in [3.8, 4) is 11.1 Å². The van der Waals surface area contributed by atoms with Gasteiger partial charge in [-0.1, -0.05) is 55.0 Å². The second-order valence-electron chi connectivity index (χ2n) is 8.52. The fourth-order valence-electron chi connectivity index (χ4n) is 4.56. The fraction of sp³-hybridized carbons (Fsp3) is 0.400. The normalized spacial score (nSPS) is 15.6. The van der Waals surface area contributed by atoms with E-state index < -0.39 is 24.1 Å². The first kappa shape index (κ1) is 22.8. The van der Waals surface area contributed by atoms with E-state index in [2.05, 4.69) is 34.9 Å². The molecule has 0 radical (unpaired) electrons. The minimum absolute atomic E-state index is 0.0186. The molecule has 3 N–H and O–H groups in total. The summed E-state index contributed by atoms with van der Waals surface area (Å²) in [7, 11) is 0. The van der Waals surface area contributed by atoms with Crippen molar-refractivity contribution in [1.29, 1.82) is 0 Å². The molecule has 174 valence electrons. The van der Waals surface area contributed by atoms with E-state index in [1.807, 2.05) is 24.3 Å². The molecular weight excluding hydrogens is 424 g/mol. The van der Waals surface area contributed by atoms with Crippen molar-refractivity contribution in [2.75, 3.05) is 32.9 Å². The van der Waals surface area contributed by atoms with E-state index >= 15 is 0 Å². The summed E-state index contributed by atoms with van der Waals surface area (Å²) in [6.45, 7) is 0.364. The summed E-state index contributed by atoms with van der Waals surface area (Å²) in [6, 6.07) is 16.3. The second-order valence-corrected chi connectivity index (χ2v) is 8.52. The first-order valence-corrected chi connectivity index (χ1v) is 11.2. The summed E-state index contributed by atoms with van der Waals surface area (Å²) < 4.78 is 10.5. The van der Waals surface area contributed by atoms with Crippen LogP contribution in [0.5, 0.6) is 0 Å². The van der Waals surface area contributed by atoms with Crippen LogP contribution in [-0.4, -0.2) is 56.0 Å². The molecule has 0 saturated heterocycles. The number of nitrogens with one attached hydrogen (secondary N) is 2. The summed E-state index contributed by atoms with van der Waals surface area (Å²) in [5.74, 6) is -1.23. The molecule has 8 nitrogen and oxygen atoms in total. The van der Waals surface area contributed by atoms with Crippen molar-refractivity contribution in [2.45, 2.75) is 25.2 Å². The number of ether oxygens (including phenoxy) is 2. The molecule has 8 heteroatoms. The highest BCUT2D eigenvalue weighted by Crippen LogP contribution is 2.44. The molecule has 0 atom stereocenters. The van der Waals surface area contributed by atoms with Gasteiger partial charge < -0.3 is 25.2 Å². The average molecular weight is 453 g/mol. The van der Waals surface area contributed by atoms with Gasteiger partial charge in [-0.15, -0.1) is 0 Å². The van der Waals surface area contributed by atoms with Gasteiger partial charge >= 0.3 is 12.1 Å². The Hall–Kier alpha value is -3.39. The Labute approximate surface area is 192 Å². The molecule has 4 rings (SSSR count). The zero-order chi connectivity index (χ0) is 23.3. The van der Waals surface area contributed by atoms with E-state index in [1.165, 1.54) is 11.1 Å². The number of carbonyl (C=O) groups excluding carboxylic acids is 2. The lowest BCUT2D eigenvalue weighted by Crippen LogP contribution is -2.53. The van der Waals surface area contributed by atoms with Crippen LogP contribution in [0.2, 0.25) is 0 Å². The lowest BCUT2D eigenvalue weighted by Gasteiger charge is -2.40. The van der Waals surface area contributed by atoms with E-state index in [9.17, 15) is 14.4 Å². The number of hydrogen-bond acceptors (Lipinski definition) is 5. The van der Waals surface area contributed by atoms with Crippen molar-refractivity contribution < 1.29 is 29.0 Å². The summed E-state index contributed by atoms with van der Waals surface area (Å²) in [6.07, 6.45) is 1.73. The minimum Gasteiger partial charge on any atom is -0.480 e. The molecule has 0 heterocycles. The standard InChI is InChI=1S/C25H28N2O6/c28-22(29)15-32-13-12-26-23(30)25(10-5-11-25)16-27-24(31)33-14-21-19-8-3-1-6-17(19)18-7-2-4-9-20(18)21/h1-4,6-9,21H,5,10-16H2,(H,26,30)(H,27,31)(H,28,29). The zero-order valence-electron chi connectivity index (χ0n) is 18.3. The molecule has 2 aliphatic rings. The third-order valence-corrected chi connectivity index (χ3v) is 6.46. The van der Waals surface area contributed by atoms with E-state index in [4.69, 9.17) is 14.6 Å². The third kappa shape index (κ3) is 5.01. The third-order valence-electron chi connectivity index (χ3n) is 6.46. The van der Waals surface area contributed by atoms with Gasteiger partial charge in [0.2, 0.25) is 5.91 Å². The Morgan fingerprint density at radius 1 is 0.970 bits per heavy atom. The molecular formula is C25H28N2O6. The quantitative estimate of drug-likeness (QED) is 0.478. The van der Waals surface area contributed by atoms with Gasteiger partial charge in [0.05, 0.1) is 12.0 Å². The van der Waals surface area contributed by atoms with Crippen LogP contribution in [0, 0.1) is 5.41 Å². The first-order valence-electron chi connectivity index (χ1n) is 11.2. The van der Waals surface area contributed by atoms with E-state index in [0.29, 0.717) is 12.8 Å². The van der Waals surface area contributed by atoms with Crippen molar-refractivity contribution in [3.05, 3.63) is 59.7 Å². The Morgan fingerprint density at radius 3 is 2.18 bits per heavy atom. The fourth-order valence-corrected chi connectivity index (χ4v) is 4.56. The molecule has 33 heavy (non-hydrogen) atoms. The van der Waals surface area contributed by atoms with Gasteiger partial charge in [-0.25, -0.2) is 9.59 Å². The van der Waals surface area contributed by atoms with Gasteiger partial charge in [0.25, 0.3) is 0 Å². The van der Waals surface area contributed by atoms with Crippen LogP contribution in [0.3, 0.4) is 0 Å². The second kappa shape index (κ2) is 10.0. The summed E-state index contributed by atoms with van der Waals surface area (Å²) in [5.41, 5.74) is 3.97. The van der Waals surface area contributed by atoms with E-state index in [-0.39, 0.29) is 38.1 Å². The zero-order valence-corrected chi connectivity index (χ0v) is 18.3. The van der Waals surface area contributed by atoms with Crippen molar-refractivity contribution in [1.82, 2.24) is 10.6 Å². The van der Waals surface area contributed by atoms with Crippen molar-refractivity contribution >= 4 is 18.0 Å². The van der Waals surface area contributed by atoms with Crippen molar-refractivity contribution in [3.63, 3.8) is 0 Å². The summed E-state index contributed by atoms with van der Waals surface area (Å²) >= 11 is 0. The summed E-state index contributed by atoms with van der Waals surface area (Å²) in [4.78, 5) is 35.5. The maximum absolute atomic E-state index is 12.6. The number of benzene rings is 2. The van der Waals surface area contributed by atoms with Crippen molar-refractivity contribution in [2.24, 2.45) is 5.41 Å². The number of carbonyl (C=O) groups is 3. The Morgan fingerprint density at radius 2 is 1.61 bits per heavy atom. The molecule has 1 saturated carbocycles. The van der Waals surface area contributed by atoms with Gasteiger partial charge in [0.15, 0.2) is 0 Å². The van der Waals surface area contributed by atoms with Crippen LogP contribution >= 0.6 is 0 Å². The number of alkyl carbamates (subject to hydrolysis) is 1. The Bertz CT molecular complexity index is 988. The molecule has 0 aliphatic heterocycles. The number of aliphatic carboxylic acids is 1. The van der Waals surface area contributed by atoms with Gasteiger partial charge in [-0.05, 0) is 35.1 Å². The number of rotatable bonds is 10. The highest BCUT2D eigenvalue weighted by molar-refractivity contribution is 5.84. The number of amides is 2. The van der Waals surface area contributed by atoms with Crippen LogP contribution in [0.4, 0.5) is 4.79 Å². The highest BCUT2D eigenvalue weighted by atomic mass is 16.5. The molecule has 2 amide bonds. The average Bonchev–Trinajstić information content (AvgIpc) is 3.10. The lowest BCUT2D eigenvalue weighted by molar-refractivity contribution is -0.142. The van der Waals surface area contributed by atoms with Gasteiger partial charge in [0, 0.05) is 19.0 Å². The van der Waals surface area contributed by atoms with Crippen LogP contribution in [-0.2, 0) is 19.1 Å². The molecule has 0 spiro atoms. The Balaban J connectivity index is 1.27. The molecule has 2 aromatic carbocycles. The molecule has 2 aromatic rings. The molecule has 2 aliphatic carbocycles. The Kier molecular flexibility index (Phi) is 6.93. The maximum Gasteiger partial charge on any atom is 0.407 e. The topological polar surface area (TPSA) is 114 Å². The monoisotopic (exact) mass is 452 g/mol. The predicted molar refractivity (Wildman–Crippen MR) is 121 cm³/mol. The van der Waals surface area contributed by atoms with Crippen LogP contribution < -0.4 is 10.6 Å². The van der Waals surface area contributed by atoms with Gasteiger partial charge in [-0.3, -0.25) is 4.79 Å². The smallest absolute Gasteiger partial charge is 0.407 e. The first-order chi connectivity index (χ1) is 16.0. The predicted octanol–water partition coefficient (Wildman–Crippen LogP) is 2.91. The lowest BCUT2D eigenvalue weighted by atomic mass is 9.68. The number of hydrogen-bond donors (Lipinski definition) is 3. The maximum atomic E-state index is 12.6. The highest BCUT2D eigenvalue weighted by Gasteiger charge is 2.44. The largest absolute Gasteiger partial charge is 0.480 e. The number of carboxylic acid groups (broad SMARTS) is 1. The van der Waals surface area contributed by atoms with E-state index in [0.717, 1.165) is 17.5 Å². The molecule has 0 aromatic heterocycles. The van der Waals surface area contributed by atoms with Crippen LogP contribution in [0.25, 0.3) is 11.1 Å². The van der Waals surface area contributed by atoms with Gasteiger partial charge in [0.1, 0.15) is 13.2 Å². The molecule has 0 bridgehead atoms. The minimum atomic E-state index is -1.05. The van der Waals surface area contributed by atoms with Crippen LogP contribution in [0.1, 0.15) is 36.3 Å². The number of fused-ring (bicyclic) bond motifs is 3. The van der Waals surface area contributed by atoms with Crippen LogP contribution in [0.15, 0.2) is 48.5 Å². The summed E-state index contributed by atoms with van der Waals surface area (Å²) in [5, 5.41) is 14.1. The SMILES string of the molecule is O=C(O)COCCNC(=O)C1(CNC(=O)OCC2c3ccccc3-c3ccccc32)CCC1.